The molecule has 17 heavy (non-hydrogen) atoms. The molecule has 0 aliphatic rings. The van der Waals surface area contributed by atoms with Gasteiger partial charge in [0.05, 0.1) is 0 Å². The standard InChI is InChI=1S/C11H9BrN2O2S/c12-7-2-1-3-8(6-7)14-9(11(15)16)10-13-4-5-17-10/h1-6,9,14H,(H,15,16). The topological polar surface area (TPSA) is 62.2 Å². The third kappa shape index (κ3) is 3.04. The van der Waals surface area contributed by atoms with Crippen molar-refractivity contribution in [3.05, 3.63) is 45.3 Å². The number of halogens is 1. The van der Waals surface area contributed by atoms with Crippen molar-refractivity contribution in [1.82, 2.24) is 4.98 Å². The lowest BCUT2D eigenvalue weighted by Gasteiger charge is -2.13. The van der Waals surface area contributed by atoms with Crippen LogP contribution in [0.15, 0.2) is 40.3 Å². The first-order valence-corrected chi connectivity index (χ1v) is 6.48. The summed E-state index contributed by atoms with van der Waals surface area (Å²) in [6.07, 6.45) is 1.60. The number of aromatic nitrogens is 1. The Balaban J connectivity index is 2.22. The van der Waals surface area contributed by atoms with E-state index in [0.717, 1.165) is 10.2 Å². The van der Waals surface area contributed by atoms with Crippen LogP contribution < -0.4 is 5.32 Å². The Morgan fingerprint density at radius 1 is 1.53 bits per heavy atom. The van der Waals surface area contributed by atoms with Gasteiger partial charge in [-0.15, -0.1) is 11.3 Å². The second-order valence-corrected chi connectivity index (χ2v) is 5.14. The number of nitrogens with one attached hydrogen (secondary N) is 1. The zero-order valence-electron chi connectivity index (χ0n) is 8.63. The third-order valence-electron chi connectivity index (χ3n) is 2.08. The van der Waals surface area contributed by atoms with Gasteiger partial charge in [-0.25, -0.2) is 9.78 Å². The fourth-order valence-electron chi connectivity index (χ4n) is 1.35. The smallest absolute Gasteiger partial charge is 0.333 e. The molecule has 1 atom stereocenters. The number of hydrogen-bond acceptors (Lipinski definition) is 4. The molecule has 4 nitrogen and oxygen atoms in total. The highest BCUT2D eigenvalue weighted by atomic mass is 79.9. The highest BCUT2D eigenvalue weighted by Gasteiger charge is 2.21. The van der Waals surface area contributed by atoms with E-state index in [1.54, 1.807) is 11.6 Å². The van der Waals surface area contributed by atoms with Gasteiger partial charge in [-0.2, -0.15) is 0 Å². The van der Waals surface area contributed by atoms with Gasteiger partial charge in [0.2, 0.25) is 0 Å². The Kier molecular flexibility index (Phi) is 3.75. The number of carboxylic acid groups (broad SMARTS) is 1. The normalized spacial score (nSPS) is 12.1. The molecule has 88 valence electrons. The van der Waals surface area contributed by atoms with Gasteiger partial charge in [0, 0.05) is 21.7 Å². The van der Waals surface area contributed by atoms with E-state index in [9.17, 15) is 4.79 Å². The maximum atomic E-state index is 11.2. The average Bonchev–Trinajstić information content (AvgIpc) is 2.78. The maximum Gasteiger partial charge on any atom is 0.333 e. The summed E-state index contributed by atoms with van der Waals surface area (Å²) in [5.74, 6) is -0.945. The summed E-state index contributed by atoms with van der Waals surface area (Å²) in [4.78, 5) is 15.2. The fraction of sp³-hybridized carbons (Fsp3) is 0.0909. The molecule has 1 aromatic carbocycles. The van der Waals surface area contributed by atoms with Crippen LogP contribution in [0.4, 0.5) is 5.69 Å². The van der Waals surface area contributed by atoms with Gasteiger partial charge in [0.15, 0.2) is 6.04 Å². The SMILES string of the molecule is O=C(O)C(Nc1cccc(Br)c1)c1nccs1. The Hall–Kier alpha value is -1.40. The van der Waals surface area contributed by atoms with Crippen LogP contribution in [0.3, 0.4) is 0 Å². The molecule has 0 aliphatic carbocycles. The van der Waals surface area contributed by atoms with E-state index in [0.29, 0.717) is 5.01 Å². The molecule has 0 spiro atoms. The van der Waals surface area contributed by atoms with Crippen LogP contribution in [0.5, 0.6) is 0 Å². The van der Waals surface area contributed by atoms with Crippen molar-refractivity contribution < 1.29 is 9.90 Å². The third-order valence-corrected chi connectivity index (χ3v) is 3.41. The van der Waals surface area contributed by atoms with Crippen molar-refractivity contribution in [2.45, 2.75) is 6.04 Å². The zero-order valence-corrected chi connectivity index (χ0v) is 11.0. The van der Waals surface area contributed by atoms with Crippen molar-refractivity contribution in [2.24, 2.45) is 0 Å². The number of benzene rings is 1. The molecule has 1 unspecified atom stereocenters. The predicted molar refractivity (Wildman–Crippen MR) is 70.3 cm³/mol. The minimum atomic E-state index is -0.945. The summed E-state index contributed by atoms with van der Waals surface area (Å²) in [7, 11) is 0. The maximum absolute atomic E-state index is 11.2. The van der Waals surface area contributed by atoms with Crippen LogP contribution in [-0.2, 0) is 4.79 Å². The Labute approximate surface area is 110 Å². The molecule has 0 aliphatic heterocycles. The van der Waals surface area contributed by atoms with Crippen molar-refractivity contribution in [3.63, 3.8) is 0 Å². The van der Waals surface area contributed by atoms with E-state index in [4.69, 9.17) is 5.11 Å². The lowest BCUT2D eigenvalue weighted by molar-refractivity contribution is -0.138. The second kappa shape index (κ2) is 5.29. The molecule has 0 bridgehead atoms. The number of thiazole rings is 1. The summed E-state index contributed by atoms with van der Waals surface area (Å²) in [6, 6.07) is 6.54. The number of nitrogens with zero attached hydrogens (tertiary/aromatic N) is 1. The van der Waals surface area contributed by atoms with Gasteiger partial charge in [-0.3, -0.25) is 0 Å². The Morgan fingerprint density at radius 3 is 2.94 bits per heavy atom. The minimum Gasteiger partial charge on any atom is -0.479 e. The highest BCUT2D eigenvalue weighted by Crippen LogP contribution is 2.23. The molecule has 2 rings (SSSR count). The molecule has 0 fully saturated rings. The monoisotopic (exact) mass is 312 g/mol. The molecular formula is C11H9BrN2O2S. The van der Waals surface area contributed by atoms with Crippen LogP contribution in [0.2, 0.25) is 0 Å². The Bertz CT molecular complexity index is 516. The van der Waals surface area contributed by atoms with Crippen LogP contribution in [0, 0.1) is 0 Å². The molecule has 0 saturated heterocycles. The molecule has 2 N–H and O–H groups in total. The van der Waals surface area contributed by atoms with E-state index < -0.39 is 12.0 Å². The Morgan fingerprint density at radius 2 is 2.35 bits per heavy atom. The van der Waals surface area contributed by atoms with Gasteiger partial charge in [-0.05, 0) is 18.2 Å². The van der Waals surface area contributed by atoms with Gasteiger partial charge in [-0.1, -0.05) is 22.0 Å². The van der Waals surface area contributed by atoms with Crippen molar-refractivity contribution in [3.8, 4) is 0 Å². The first-order valence-electron chi connectivity index (χ1n) is 4.81. The van der Waals surface area contributed by atoms with Gasteiger partial charge >= 0.3 is 5.97 Å². The van der Waals surface area contributed by atoms with Crippen LogP contribution in [0.1, 0.15) is 11.0 Å². The molecule has 0 radical (unpaired) electrons. The number of carboxylic acids is 1. The molecular weight excluding hydrogens is 304 g/mol. The quantitative estimate of drug-likeness (QED) is 0.910. The number of rotatable bonds is 4. The summed E-state index contributed by atoms with van der Waals surface area (Å²) in [6.45, 7) is 0. The molecule has 0 saturated carbocycles. The fourth-order valence-corrected chi connectivity index (χ4v) is 2.43. The largest absolute Gasteiger partial charge is 0.479 e. The lowest BCUT2D eigenvalue weighted by Crippen LogP contribution is -2.20. The van der Waals surface area contributed by atoms with E-state index in [1.165, 1.54) is 11.3 Å². The van der Waals surface area contributed by atoms with E-state index >= 15 is 0 Å². The minimum absolute atomic E-state index is 0.539. The van der Waals surface area contributed by atoms with Crippen LogP contribution in [0.25, 0.3) is 0 Å². The second-order valence-electron chi connectivity index (χ2n) is 3.30. The summed E-state index contributed by atoms with van der Waals surface area (Å²) in [5, 5.41) is 14.4. The lowest BCUT2D eigenvalue weighted by atomic mass is 10.2. The van der Waals surface area contributed by atoms with Crippen molar-refractivity contribution in [1.29, 1.82) is 0 Å². The predicted octanol–water partition coefficient (Wildman–Crippen LogP) is 3.14. The number of hydrogen-bond donors (Lipinski definition) is 2. The van der Waals surface area contributed by atoms with Crippen molar-refractivity contribution >= 4 is 38.9 Å². The average molecular weight is 313 g/mol. The van der Waals surface area contributed by atoms with Crippen LogP contribution in [-0.4, -0.2) is 16.1 Å². The molecule has 1 aromatic heterocycles. The van der Waals surface area contributed by atoms with Gasteiger partial charge < -0.3 is 10.4 Å². The van der Waals surface area contributed by atoms with E-state index in [1.807, 2.05) is 24.3 Å². The summed E-state index contributed by atoms with van der Waals surface area (Å²) >= 11 is 4.65. The van der Waals surface area contributed by atoms with Gasteiger partial charge in [0.1, 0.15) is 5.01 Å². The van der Waals surface area contributed by atoms with E-state index in [-0.39, 0.29) is 0 Å². The van der Waals surface area contributed by atoms with Crippen molar-refractivity contribution in [2.75, 3.05) is 5.32 Å². The number of carbonyl (C=O) groups is 1. The van der Waals surface area contributed by atoms with Gasteiger partial charge in [0.25, 0.3) is 0 Å². The molecule has 0 amide bonds. The molecule has 2 aromatic rings. The summed E-state index contributed by atoms with van der Waals surface area (Å²) < 4.78 is 0.894. The van der Waals surface area contributed by atoms with E-state index in [2.05, 4.69) is 26.2 Å². The van der Waals surface area contributed by atoms with Crippen LogP contribution >= 0.6 is 27.3 Å². The number of aliphatic carboxylic acids is 1. The summed E-state index contributed by atoms with van der Waals surface area (Å²) in [5.41, 5.74) is 0.738. The number of anilines is 1. The first-order chi connectivity index (χ1) is 8.16. The molecule has 1 heterocycles. The molecule has 6 heteroatoms. The highest BCUT2D eigenvalue weighted by molar-refractivity contribution is 9.10. The first kappa shape index (κ1) is 12.1. The zero-order chi connectivity index (χ0) is 12.3.